The van der Waals surface area contributed by atoms with Gasteiger partial charge < -0.3 is 50.2 Å². The van der Waals surface area contributed by atoms with E-state index in [1.165, 1.54) is 13.3 Å². The van der Waals surface area contributed by atoms with Gasteiger partial charge in [-0.1, -0.05) is 19.8 Å². The molecule has 2 saturated heterocycles. The number of aliphatic hydroxyl groups excluding tert-OH is 4. The van der Waals surface area contributed by atoms with Gasteiger partial charge in [-0.15, -0.1) is 0 Å². The van der Waals surface area contributed by atoms with Gasteiger partial charge in [0.25, 0.3) is 0 Å². The van der Waals surface area contributed by atoms with Crippen LogP contribution in [-0.4, -0.2) is 125 Å². The van der Waals surface area contributed by atoms with E-state index < -0.39 is 49.3 Å². The lowest BCUT2D eigenvalue weighted by molar-refractivity contribution is -0.270. The molecule has 13 heteroatoms. The molecule has 3 fully saturated rings. The molecule has 6 N–H and O–H groups in total. The normalized spacial score (nSPS) is 32.3. The number of hydrogen-bond acceptors (Lipinski definition) is 10. The Kier molecular flexibility index (Phi) is 15.1. The fraction of sp³-hybridized carbons (Fsp3) is 0.900. The fourth-order valence-electron chi connectivity index (χ4n) is 5.89. The first-order valence-corrected chi connectivity index (χ1v) is 16.0. The summed E-state index contributed by atoms with van der Waals surface area (Å²) in [7, 11) is 0. The molecule has 9 atom stereocenters. The van der Waals surface area contributed by atoms with E-state index in [1.54, 1.807) is 4.90 Å². The van der Waals surface area contributed by atoms with Gasteiger partial charge in [0.15, 0.2) is 6.29 Å². The molecular formula is C30H53N3O10. The summed E-state index contributed by atoms with van der Waals surface area (Å²) in [5.74, 6) is 0.184. The number of rotatable bonds is 18. The van der Waals surface area contributed by atoms with E-state index in [-0.39, 0.29) is 30.6 Å². The minimum atomic E-state index is -1.36. The van der Waals surface area contributed by atoms with Crippen LogP contribution in [0, 0.1) is 5.92 Å². The van der Waals surface area contributed by atoms with Crippen molar-refractivity contribution >= 4 is 17.7 Å². The summed E-state index contributed by atoms with van der Waals surface area (Å²) in [6, 6.07) is -1.02. The number of carbonyl (C=O) groups excluding carboxylic acids is 3. The Labute approximate surface area is 254 Å². The highest BCUT2D eigenvalue weighted by atomic mass is 16.7. The van der Waals surface area contributed by atoms with Crippen LogP contribution in [0.5, 0.6) is 0 Å². The maximum absolute atomic E-state index is 12.8. The highest BCUT2D eigenvalue weighted by molar-refractivity contribution is 5.77. The van der Waals surface area contributed by atoms with E-state index in [0.29, 0.717) is 57.7 Å². The molecular weight excluding hydrogens is 562 g/mol. The van der Waals surface area contributed by atoms with Gasteiger partial charge in [-0.05, 0) is 50.9 Å². The second kappa shape index (κ2) is 18.2. The van der Waals surface area contributed by atoms with Gasteiger partial charge in [0.05, 0.1) is 31.5 Å². The van der Waals surface area contributed by atoms with Gasteiger partial charge in [0, 0.05) is 39.5 Å². The Morgan fingerprint density at radius 1 is 0.953 bits per heavy atom. The van der Waals surface area contributed by atoms with Crippen LogP contribution >= 0.6 is 0 Å². The monoisotopic (exact) mass is 615 g/mol. The second-order valence-electron chi connectivity index (χ2n) is 12.3. The van der Waals surface area contributed by atoms with Crippen molar-refractivity contribution in [2.45, 2.75) is 133 Å². The zero-order valence-corrected chi connectivity index (χ0v) is 25.7. The first-order valence-electron chi connectivity index (χ1n) is 16.0. The molecule has 248 valence electrons. The largest absolute Gasteiger partial charge is 0.394 e. The number of carbonyl (C=O) groups is 3. The lowest BCUT2D eigenvalue weighted by Gasteiger charge is -2.42. The third-order valence-corrected chi connectivity index (χ3v) is 8.73. The van der Waals surface area contributed by atoms with Crippen molar-refractivity contribution in [1.29, 1.82) is 0 Å². The summed E-state index contributed by atoms with van der Waals surface area (Å²) in [6.45, 7) is 4.63. The highest BCUT2D eigenvalue weighted by Crippen LogP contribution is 2.31. The molecule has 0 aromatic rings. The molecule has 7 unspecified atom stereocenters. The third kappa shape index (κ3) is 11.2. The highest BCUT2D eigenvalue weighted by Gasteiger charge is 2.45. The van der Waals surface area contributed by atoms with Crippen molar-refractivity contribution in [2.24, 2.45) is 5.92 Å². The lowest BCUT2D eigenvalue weighted by Crippen LogP contribution is -2.64. The maximum atomic E-state index is 12.8. The molecule has 43 heavy (non-hydrogen) atoms. The number of amides is 3. The number of ether oxygens (including phenoxy) is 3. The minimum absolute atomic E-state index is 0.0316. The van der Waals surface area contributed by atoms with Gasteiger partial charge in [0.2, 0.25) is 17.7 Å². The SMILES string of the molecule is CC(=O)NC1C(OCCCCCC(=O)NCCCCCC(=O)N2C[C@H](O)C[C@H]2COC2CCC2C)OC(CO)C(O)C1O. The van der Waals surface area contributed by atoms with E-state index in [4.69, 9.17) is 14.2 Å². The van der Waals surface area contributed by atoms with E-state index >= 15 is 0 Å². The first-order chi connectivity index (χ1) is 20.6. The van der Waals surface area contributed by atoms with E-state index in [9.17, 15) is 34.8 Å². The Morgan fingerprint density at radius 2 is 1.70 bits per heavy atom. The topological polar surface area (TPSA) is 187 Å². The Balaban J connectivity index is 1.20. The molecule has 0 spiro atoms. The minimum Gasteiger partial charge on any atom is -0.394 e. The van der Waals surface area contributed by atoms with Crippen molar-refractivity contribution in [3.05, 3.63) is 0 Å². The molecule has 13 nitrogen and oxygen atoms in total. The molecule has 1 saturated carbocycles. The van der Waals surface area contributed by atoms with Crippen molar-refractivity contribution < 1.29 is 49.0 Å². The molecule has 3 rings (SSSR count). The predicted octanol–water partition coefficient (Wildman–Crippen LogP) is -0.0394. The molecule has 0 aromatic carbocycles. The van der Waals surface area contributed by atoms with Crippen LogP contribution in [0.25, 0.3) is 0 Å². The number of likely N-dealkylation sites (tertiary alicyclic amines) is 1. The van der Waals surface area contributed by atoms with Crippen LogP contribution in [-0.2, 0) is 28.6 Å². The summed E-state index contributed by atoms with van der Waals surface area (Å²) in [5, 5.41) is 45.3. The van der Waals surface area contributed by atoms with E-state index in [1.807, 2.05) is 0 Å². The third-order valence-electron chi connectivity index (χ3n) is 8.73. The average Bonchev–Trinajstić information content (AvgIpc) is 3.35. The smallest absolute Gasteiger partial charge is 0.222 e. The number of unbranched alkanes of at least 4 members (excludes halogenated alkanes) is 4. The van der Waals surface area contributed by atoms with Gasteiger partial charge in [-0.25, -0.2) is 0 Å². The van der Waals surface area contributed by atoms with E-state index in [0.717, 1.165) is 32.1 Å². The van der Waals surface area contributed by atoms with Gasteiger partial charge in [-0.2, -0.15) is 0 Å². The van der Waals surface area contributed by atoms with Gasteiger partial charge in [0.1, 0.15) is 24.4 Å². The standard InChI is InChI=1S/C30H53N3O10/c1-19-11-12-23(19)42-18-21-15-22(36)16-33(21)26(38)10-6-3-7-13-31-25(37)9-5-4-8-14-41-30-27(32-20(2)35)29(40)28(39)24(17-34)43-30/h19,21-24,27-30,34,36,39-40H,3-18H2,1-2H3,(H,31,37)(H,32,35)/t19?,21-,22+,23?,24?,27?,28?,29?,30?/m0/s1. The van der Waals surface area contributed by atoms with Crippen LogP contribution in [0.1, 0.15) is 84.5 Å². The average molecular weight is 616 g/mol. The Morgan fingerprint density at radius 3 is 2.37 bits per heavy atom. The van der Waals surface area contributed by atoms with Crippen LogP contribution in [0.2, 0.25) is 0 Å². The summed E-state index contributed by atoms with van der Waals surface area (Å²) in [6.07, 6.45) is 3.03. The van der Waals surface area contributed by atoms with Crippen molar-refractivity contribution in [1.82, 2.24) is 15.5 Å². The summed E-state index contributed by atoms with van der Waals surface area (Å²) in [4.78, 5) is 38.2. The van der Waals surface area contributed by atoms with Crippen molar-refractivity contribution in [3.63, 3.8) is 0 Å². The molecule has 0 radical (unpaired) electrons. The molecule has 0 bridgehead atoms. The molecule has 3 aliphatic rings. The predicted molar refractivity (Wildman–Crippen MR) is 156 cm³/mol. The van der Waals surface area contributed by atoms with Crippen LogP contribution in [0.4, 0.5) is 0 Å². The summed E-state index contributed by atoms with van der Waals surface area (Å²) in [5.41, 5.74) is 0. The molecule has 0 aromatic heterocycles. The number of hydrogen-bond donors (Lipinski definition) is 6. The zero-order valence-electron chi connectivity index (χ0n) is 25.7. The Bertz CT molecular complexity index is 879. The van der Waals surface area contributed by atoms with Crippen LogP contribution < -0.4 is 10.6 Å². The fourth-order valence-corrected chi connectivity index (χ4v) is 5.89. The zero-order chi connectivity index (χ0) is 31.4. The second-order valence-corrected chi connectivity index (χ2v) is 12.3. The van der Waals surface area contributed by atoms with Crippen LogP contribution in [0.15, 0.2) is 0 Å². The Hall–Kier alpha value is -1.87. The summed E-state index contributed by atoms with van der Waals surface area (Å²) < 4.78 is 17.2. The quantitative estimate of drug-likeness (QED) is 0.114. The molecule has 2 aliphatic heterocycles. The van der Waals surface area contributed by atoms with Crippen molar-refractivity contribution in [3.8, 4) is 0 Å². The van der Waals surface area contributed by atoms with Gasteiger partial charge in [-0.3, -0.25) is 14.4 Å². The number of β-amino-alcohol motifs (C(OH)–C–C–N with tert-alkyl or cyclic N) is 1. The van der Waals surface area contributed by atoms with E-state index in [2.05, 4.69) is 17.6 Å². The number of nitrogens with one attached hydrogen (secondary N) is 2. The number of aliphatic hydroxyl groups is 4. The molecule has 1 aliphatic carbocycles. The first kappa shape index (κ1) is 35.6. The van der Waals surface area contributed by atoms with Gasteiger partial charge >= 0.3 is 0 Å². The molecule has 3 amide bonds. The molecule has 2 heterocycles. The summed E-state index contributed by atoms with van der Waals surface area (Å²) >= 11 is 0. The maximum Gasteiger partial charge on any atom is 0.222 e. The number of nitrogens with zero attached hydrogens (tertiary/aromatic N) is 1. The lowest BCUT2D eigenvalue weighted by atomic mass is 9.83. The van der Waals surface area contributed by atoms with Crippen molar-refractivity contribution in [2.75, 3.05) is 32.9 Å². The van der Waals surface area contributed by atoms with Crippen LogP contribution in [0.3, 0.4) is 0 Å².